The summed E-state index contributed by atoms with van der Waals surface area (Å²) in [7, 11) is 0. The number of benzene rings is 1. The number of nitrogens with two attached hydrogens (primary N) is 1. The number of rotatable bonds is 1. The highest BCUT2D eigenvalue weighted by Gasteiger charge is 2.38. The van der Waals surface area contributed by atoms with E-state index in [1.807, 2.05) is 0 Å². The van der Waals surface area contributed by atoms with Gasteiger partial charge in [0.25, 0.3) is 0 Å². The van der Waals surface area contributed by atoms with Crippen LogP contribution in [0.2, 0.25) is 5.02 Å². The Balaban J connectivity index is 3.65. The summed E-state index contributed by atoms with van der Waals surface area (Å²) < 4.78 is 51.6. The van der Waals surface area contributed by atoms with Gasteiger partial charge in [0.05, 0.1) is 16.3 Å². The predicted octanol–water partition coefficient (Wildman–Crippen LogP) is 4.20. The average Bonchev–Trinajstić information content (AvgIpc) is 2.07. The summed E-state index contributed by atoms with van der Waals surface area (Å²) in [5.41, 5.74) is 3.24. The second-order valence-electron chi connectivity index (χ2n) is 3.70. The summed E-state index contributed by atoms with van der Waals surface area (Å²) in [6.45, 7) is 2.90. The number of hydrogen-bond acceptors (Lipinski definition) is 1. The third-order valence-electron chi connectivity index (χ3n) is 2.14. The predicted molar refractivity (Wildman–Crippen MR) is 54.9 cm³/mol. The fourth-order valence-electron chi connectivity index (χ4n) is 1.50. The highest BCUT2D eigenvalue weighted by atomic mass is 35.5. The van der Waals surface area contributed by atoms with Crippen LogP contribution in [-0.2, 0) is 6.18 Å². The maximum absolute atomic E-state index is 13.5. The Bertz CT molecular complexity index is 412. The van der Waals surface area contributed by atoms with Crippen molar-refractivity contribution >= 4 is 17.3 Å². The Kier molecular flexibility index (Phi) is 3.38. The molecule has 0 unspecified atom stereocenters. The lowest BCUT2D eigenvalue weighted by atomic mass is 9.95. The molecule has 0 radical (unpaired) electrons. The highest BCUT2D eigenvalue weighted by Crippen LogP contribution is 2.42. The molecule has 1 rings (SSSR count). The third-order valence-corrected chi connectivity index (χ3v) is 2.44. The third kappa shape index (κ3) is 2.24. The van der Waals surface area contributed by atoms with Crippen molar-refractivity contribution in [3.63, 3.8) is 0 Å². The van der Waals surface area contributed by atoms with E-state index >= 15 is 0 Å². The number of halogens is 5. The number of hydrogen-bond donors (Lipinski definition) is 1. The smallest absolute Gasteiger partial charge is 0.396 e. The zero-order valence-corrected chi connectivity index (χ0v) is 9.38. The van der Waals surface area contributed by atoms with Gasteiger partial charge in [0.2, 0.25) is 0 Å². The highest BCUT2D eigenvalue weighted by molar-refractivity contribution is 6.31. The molecular weight excluding hydrogens is 246 g/mol. The van der Waals surface area contributed by atoms with E-state index in [0.717, 1.165) is 6.07 Å². The zero-order chi connectivity index (χ0) is 12.7. The quantitative estimate of drug-likeness (QED) is 0.591. The molecule has 1 nitrogen and oxygen atoms in total. The van der Waals surface area contributed by atoms with Crippen molar-refractivity contribution in [1.82, 2.24) is 0 Å². The molecule has 0 bridgehead atoms. The molecule has 2 N–H and O–H groups in total. The SMILES string of the molecule is CC(C)c1c(F)c(N)cc(Cl)c1C(F)(F)F. The van der Waals surface area contributed by atoms with Crippen molar-refractivity contribution < 1.29 is 17.6 Å². The van der Waals surface area contributed by atoms with Gasteiger partial charge < -0.3 is 5.73 Å². The summed E-state index contributed by atoms with van der Waals surface area (Å²) >= 11 is 5.47. The molecule has 0 aromatic heterocycles. The average molecular weight is 256 g/mol. The zero-order valence-electron chi connectivity index (χ0n) is 8.62. The van der Waals surface area contributed by atoms with Crippen LogP contribution < -0.4 is 5.73 Å². The van der Waals surface area contributed by atoms with E-state index in [1.165, 1.54) is 13.8 Å². The summed E-state index contributed by atoms with van der Waals surface area (Å²) in [5, 5.41) is -0.574. The van der Waals surface area contributed by atoms with Gasteiger partial charge in [-0.15, -0.1) is 0 Å². The van der Waals surface area contributed by atoms with Gasteiger partial charge in [-0.1, -0.05) is 25.4 Å². The molecule has 0 saturated heterocycles. The van der Waals surface area contributed by atoms with Crippen molar-refractivity contribution in [3.8, 4) is 0 Å². The molecular formula is C10H10ClF4N. The molecule has 0 aliphatic heterocycles. The van der Waals surface area contributed by atoms with Crippen molar-refractivity contribution in [2.24, 2.45) is 0 Å². The first-order valence-corrected chi connectivity index (χ1v) is 4.88. The van der Waals surface area contributed by atoms with Gasteiger partial charge in [0.15, 0.2) is 0 Å². The minimum absolute atomic E-state index is 0.373. The molecule has 0 amide bonds. The summed E-state index contributed by atoms with van der Waals surface area (Å²) in [4.78, 5) is 0. The minimum atomic E-state index is -4.69. The van der Waals surface area contributed by atoms with Gasteiger partial charge >= 0.3 is 6.18 Å². The molecule has 1 aromatic rings. The van der Waals surface area contributed by atoms with E-state index in [1.54, 1.807) is 0 Å². The Morgan fingerprint density at radius 3 is 2.19 bits per heavy atom. The lowest BCUT2D eigenvalue weighted by Crippen LogP contribution is -2.14. The van der Waals surface area contributed by atoms with Crippen LogP contribution in [0.15, 0.2) is 6.07 Å². The lowest BCUT2D eigenvalue weighted by molar-refractivity contribution is -0.138. The molecule has 1 aromatic carbocycles. The van der Waals surface area contributed by atoms with E-state index in [2.05, 4.69) is 0 Å². The molecule has 0 aliphatic rings. The fourth-order valence-corrected chi connectivity index (χ4v) is 1.82. The van der Waals surface area contributed by atoms with Crippen LogP contribution in [0.5, 0.6) is 0 Å². The van der Waals surface area contributed by atoms with E-state index in [4.69, 9.17) is 17.3 Å². The maximum atomic E-state index is 13.5. The van der Waals surface area contributed by atoms with Gasteiger partial charge in [-0.05, 0) is 12.0 Å². The van der Waals surface area contributed by atoms with Crippen LogP contribution in [0.4, 0.5) is 23.2 Å². The number of anilines is 1. The standard InChI is InChI=1S/C10H10ClF4N/c1-4(2)7-8(10(13,14)15)5(11)3-6(16)9(7)12/h3-4H,16H2,1-2H3. The van der Waals surface area contributed by atoms with Gasteiger partial charge in [0, 0.05) is 5.56 Å². The first-order valence-electron chi connectivity index (χ1n) is 4.50. The Morgan fingerprint density at radius 1 is 1.31 bits per heavy atom. The Labute approximate surface area is 95.2 Å². The normalized spacial score (nSPS) is 12.2. The topological polar surface area (TPSA) is 26.0 Å². The molecule has 0 saturated carbocycles. The lowest BCUT2D eigenvalue weighted by Gasteiger charge is -2.19. The molecule has 90 valence electrons. The number of alkyl halides is 3. The number of nitrogen functional groups attached to an aromatic ring is 1. The van der Waals surface area contributed by atoms with Crippen LogP contribution in [0.3, 0.4) is 0 Å². The first kappa shape index (κ1) is 13.1. The van der Waals surface area contributed by atoms with Crippen LogP contribution >= 0.6 is 11.6 Å². The Hall–Kier alpha value is -0.970. The Morgan fingerprint density at radius 2 is 1.81 bits per heavy atom. The van der Waals surface area contributed by atoms with Crippen LogP contribution in [0.25, 0.3) is 0 Å². The minimum Gasteiger partial charge on any atom is -0.396 e. The van der Waals surface area contributed by atoms with Crippen molar-refractivity contribution in [1.29, 1.82) is 0 Å². The summed E-state index contributed by atoms with van der Waals surface area (Å²) in [6, 6.07) is 0.783. The van der Waals surface area contributed by atoms with Gasteiger partial charge in [-0.2, -0.15) is 13.2 Å². The van der Waals surface area contributed by atoms with Gasteiger partial charge in [-0.3, -0.25) is 0 Å². The van der Waals surface area contributed by atoms with Crippen LogP contribution in [0, 0.1) is 5.82 Å². The molecule has 0 atom stereocenters. The van der Waals surface area contributed by atoms with Gasteiger partial charge in [-0.25, -0.2) is 4.39 Å². The van der Waals surface area contributed by atoms with E-state index in [0.29, 0.717) is 0 Å². The molecule has 0 heterocycles. The van der Waals surface area contributed by atoms with Crippen LogP contribution in [0.1, 0.15) is 30.9 Å². The van der Waals surface area contributed by atoms with E-state index in [-0.39, 0.29) is 5.69 Å². The van der Waals surface area contributed by atoms with Crippen molar-refractivity contribution in [2.75, 3.05) is 5.73 Å². The summed E-state index contributed by atoms with van der Waals surface area (Å²) in [6.07, 6.45) is -4.69. The largest absolute Gasteiger partial charge is 0.418 e. The maximum Gasteiger partial charge on any atom is 0.418 e. The second kappa shape index (κ2) is 4.13. The van der Waals surface area contributed by atoms with Crippen molar-refractivity contribution in [3.05, 3.63) is 28.0 Å². The second-order valence-corrected chi connectivity index (χ2v) is 4.11. The first-order chi connectivity index (χ1) is 7.16. The molecule has 6 heteroatoms. The molecule has 16 heavy (non-hydrogen) atoms. The van der Waals surface area contributed by atoms with Crippen LogP contribution in [-0.4, -0.2) is 0 Å². The van der Waals surface area contributed by atoms with E-state index in [9.17, 15) is 17.6 Å². The molecule has 0 fully saturated rings. The molecule has 0 spiro atoms. The monoisotopic (exact) mass is 255 g/mol. The van der Waals surface area contributed by atoms with Gasteiger partial charge in [0.1, 0.15) is 5.82 Å². The molecule has 0 aliphatic carbocycles. The van der Waals surface area contributed by atoms with Crippen molar-refractivity contribution in [2.45, 2.75) is 25.9 Å². The fraction of sp³-hybridized carbons (Fsp3) is 0.400. The summed E-state index contributed by atoms with van der Waals surface area (Å²) in [5.74, 6) is -1.70. The van der Waals surface area contributed by atoms with E-state index < -0.39 is 34.1 Å².